The first kappa shape index (κ1) is 14.4. The third-order valence-electron chi connectivity index (χ3n) is 3.15. The smallest absolute Gasteiger partial charge is 0.322 e. The number of carboxylic acids is 1. The highest BCUT2D eigenvalue weighted by molar-refractivity contribution is 7.89. The molecule has 0 radical (unpaired) electrons. The average Bonchev–Trinajstić information content (AvgIpc) is 2.89. The van der Waals surface area contributed by atoms with Gasteiger partial charge in [-0.1, -0.05) is 0 Å². The largest absolute Gasteiger partial charge is 0.480 e. The van der Waals surface area contributed by atoms with Gasteiger partial charge in [0.25, 0.3) is 0 Å². The number of rotatable bonds is 3. The number of carbonyl (C=O) groups is 1. The molecule has 0 aromatic heterocycles. The molecule has 1 aliphatic heterocycles. The van der Waals surface area contributed by atoms with Gasteiger partial charge in [-0.25, -0.2) is 12.8 Å². The SMILES string of the molecule is N#Cc1cc(S(=O)(=O)N2CCC[C@H]2C(=O)O)ccc1F. The fraction of sp³-hybridized carbons (Fsp3) is 0.333. The zero-order valence-corrected chi connectivity index (χ0v) is 11.1. The summed E-state index contributed by atoms with van der Waals surface area (Å²) in [5.74, 6) is -2.03. The number of aliphatic carboxylic acids is 1. The number of sulfonamides is 1. The van der Waals surface area contributed by atoms with Crippen LogP contribution in [0.3, 0.4) is 0 Å². The van der Waals surface area contributed by atoms with E-state index in [4.69, 9.17) is 10.4 Å². The summed E-state index contributed by atoms with van der Waals surface area (Å²) in [5.41, 5.74) is -0.392. The van der Waals surface area contributed by atoms with Crippen molar-refractivity contribution in [1.82, 2.24) is 4.31 Å². The minimum atomic E-state index is -4.05. The van der Waals surface area contributed by atoms with Crippen LogP contribution in [0, 0.1) is 17.1 Å². The lowest BCUT2D eigenvalue weighted by atomic mass is 10.2. The molecular formula is C12H11FN2O4S. The van der Waals surface area contributed by atoms with Crippen LogP contribution < -0.4 is 0 Å². The monoisotopic (exact) mass is 298 g/mol. The molecule has 0 aliphatic carbocycles. The Kier molecular flexibility index (Phi) is 3.74. The standard InChI is InChI=1S/C12H11FN2O4S/c13-10-4-3-9(6-8(10)7-14)20(18,19)15-5-1-2-11(15)12(16)17/h3-4,6,11H,1-2,5H2,(H,16,17)/t11-/m0/s1. The van der Waals surface area contributed by atoms with E-state index in [0.717, 1.165) is 22.5 Å². The summed E-state index contributed by atoms with van der Waals surface area (Å²) in [7, 11) is -4.05. The highest BCUT2D eigenvalue weighted by atomic mass is 32.2. The van der Waals surface area contributed by atoms with Gasteiger partial charge in [0, 0.05) is 6.54 Å². The molecule has 2 rings (SSSR count). The molecule has 8 heteroatoms. The Labute approximate surface area is 115 Å². The molecule has 1 atom stereocenters. The minimum absolute atomic E-state index is 0.0958. The Balaban J connectivity index is 2.46. The van der Waals surface area contributed by atoms with Crippen LogP contribution in [-0.4, -0.2) is 36.4 Å². The number of nitriles is 1. The topological polar surface area (TPSA) is 98.5 Å². The van der Waals surface area contributed by atoms with E-state index in [1.54, 1.807) is 6.07 Å². The molecular weight excluding hydrogens is 287 g/mol. The summed E-state index contributed by atoms with van der Waals surface area (Å²) >= 11 is 0. The zero-order chi connectivity index (χ0) is 14.9. The summed E-state index contributed by atoms with van der Waals surface area (Å²) in [6, 6.07) is 3.28. The van der Waals surface area contributed by atoms with Gasteiger partial charge in [-0.05, 0) is 31.0 Å². The van der Waals surface area contributed by atoms with Gasteiger partial charge in [0.2, 0.25) is 10.0 Å². The van der Waals surface area contributed by atoms with Crippen LogP contribution in [0.1, 0.15) is 18.4 Å². The molecule has 1 fully saturated rings. The van der Waals surface area contributed by atoms with Gasteiger partial charge in [0.15, 0.2) is 0 Å². The molecule has 1 N–H and O–H groups in total. The molecule has 0 unspecified atom stereocenters. The summed E-state index contributed by atoms with van der Waals surface area (Å²) in [6.07, 6.45) is 0.684. The van der Waals surface area contributed by atoms with Gasteiger partial charge >= 0.3 is 5.97 Å². The Hall–Kier alpha value is -1.98. The van der Waals surface area contributed by atoms with Gasteiger partial charge in [0.05, 0.1) is 10.5 Å². The number of nitrogens with zero attached hydrogens (tertiary/aromatic N) is 2. The molecule has 1 saturated heterocycles. The van der Waals surface area contributed by atoms with Crippen LogP contribution in [0.15, 0.2) is 23.1 Å². The third-order valence-corrected chi connectivity index (χ3v) is 5.06. The van der Waals surface area contributed by atoms with E-state index < -0.39 is 33.4 Å². The zero-order valence-electron chi connectivity index (χ0n) is 10.3. The quantitative estimate of drug-likeness (QED) is 0.895. The van der Waals surface area contributed by atoms with E-state index in [2.05, 4.69) is 0 Å². The maximum absolute atomic E-state index is 13.2. The fourth-order valence-electron chi connectivity index (χ4n) is 2.16. The predicted molar refractivity (Wildman–Crippen MR) is 65.7 cm³/mol. The van der Waals surface area contributed by atoms with Crippen LogP contribution in [-0.2, 0) is 14.8 Å². The molecule has 1 aliphatic rings. The maximum Gasteiger partial charge on any atom is 0.322 e. The molecule has 1 heterocycles. The first-order chi connectivity index (χ1) is 9.37. The number of benzene rings is 1. The summed E-state index contributed by atoms with van der Waals surface area (Å²) in [6.45, 7) is 0.0958. The molecule has 0 bridgehead atoms. The lowest BCUT2D eigenvalue weighted by Crippen LogP contribution is -2.40. The third kappa shape index (κ3) is 2.37. The van der Waals surface area contributed by atoms with Crippen molar-refractivity contribution in [1.29, 1.82) is 5.26 Å². The molecule has 20 heavy (non-hydrogen) atoms. The van der Waals surface area contributed by atoms with Crippen LogP contribution in [0.25, 0.3) is 0 Å². The Morgan fingerprint density at radius 3 is 2.80 bits per heavy atom. The normalized spacial score (nSPS) is 19.7. The van der Waals surface area contributed by atoms with E-state index in [9.17, 15) is 17.6 Å². The molecule has 1 aromatic carbocycles. The lowest BCUT2D eigenvalue weighted by Gasteiger charge is -2.21. The van der Waals surface area contributed by atoms with E-state index in [-0.39, 0.29) is 17.9 Å². The van der Waals surface area contributed by atoms with Crippen LogP contribution in [0.4, 0.5) is 4.39 Å². The molecule has 0 saturated carbocycles. The summed E-state index contributed by atoms with van der Waals surface area (Å²) < 4.78 is 38.8. The molecule has 0 spiro atoms. The van der Waals surface area contributed by atoms with Crippen LogP contribution in [0.2, 0.25) is 0 Å². The second kappa shape index (κ2) is 5.19. The molecule has 106 valence electrons. The summed E-state index contributed by atoms with van der Waals surface area (Å²) in [4.78, 5) is 10.8. The van der Waals surface area contributed by atoms with Crippen LogP contribution >= 0.6 is 0 Å². The first-order valence-electron chi connectivity index (χ1n) is 5.82. The van der Waals surface area contributed by atoms with Crippen molar-refractivity contribution in [2.24, 2.45) is 0 Å². The second-order valence-corrected chi connectivity index (χ2v) is 6.26. The van der Waals surface area contributed by atoms with Crippen molar-refractivity contribution in [3.8, 4) is 6.07 Å². The van der Waals surface area contributed by atoms with Gasteiger partial charge in [0.1, 0.15) is 17.9 Å². The Morgan fingerprint density at radius 1 is 1.50 bits per heavy atom. The van der Waals surface area contributed by atoms with Crippen LogP contribution in [0.5, 0.6) is 0 Å². The average molecular weight is 298 g/mol. The highest BCUT2D eigenvalue weighted by Gasteiger charge is 2.39. The van der Waals surface area contributed by atoms with E-state index in [1.165, 1.54) is 0 Å². The van der Waals surface area contributed by atoms with Gasteiger partial charge in [-0.3, -0.25) is 4.79 Å². The van der Waals surface area contributed by atoms with Crippen molar-refractivity contribution < 1.29 is 22.7 Å². The van der Waals surface area contributed by atoms with Crippen molar-refractivity contribution in [3.63, 3.8) is 0 Å². The van der Waals surface area contributed by atoms with Gasteiger partial charge in [-0.15, -0.1) is 0 Å². The first-order valence-corrected chi connectivity index (χ1v) is 7.26. The number of hydrogen-bond donors (Lipinski definition) is 1. The van der Waals surface area contributed by atoms with E-state index in [0.29, 0.717) is 6.42 Å². The van der Waals surface area contributed by atoms with Crippen molar-refractivity contribution in [2.45, 2.75) is 23.8 Å². The maximum atomic E-state index is 13.2. The number of halogens is 1. The number of carboxylic acid groups (broad SMARTS) is 1. The fourth-order valence-corrected chi connectivity index (χ4v) is 3.84. The van der Waals surface area contributed by atoms with Crippen molar-refractivity contribution >= 4 is 16.0 Å². The number of hydrogen-bond acceptors (Lipinski definition) is 4. The second-order valence-electron chi connectivity index (χ2n) is 4.37. The highest BCUT2D eigenvalue weighted by Crippen LogP contribution is 2.27. The minimum Gasteiger partial charge on any atom is -0.480 e. The lowest BCUT2D eigenvalue weighted by molar-refractivity contribution is -0.140. The molecule has 6 nitrogen and oxygen atoms in total. The van der Waals surface area contributed by atoms with Crippen molar-refractivity contribution in [2.75, 3.05) is 6.54 Å². The van der Waals surface area contributed by atoms with Gasteiger partial charge in [-0.2, -0.15) is 9.57 Å². The van der Waals surface area contributed by atoms with Gasteiger partial charge < -0.3 is 5.11 Å². The predicted octanol–water partition coefficient (Wildman–Crippen LogP) is 0.935. The Morgan fingerprint density at radius 2 is 2.20 bits per heavy atom. The molecule has 1 aromatic rings. The summed E-state index contributed by atoms with van der Waals surface area (Å²) in [5, 5.41) is 17.7. The van der Waals surface area contributed by atoms with E-state index >= 15 is 0 Å². The van der Waals surface area contributed by atoms with E-state index in [1.807, 2.05) is 0 Å². The molecule has 0 amide bonds. The Bertz CT molecular complexity index is 696. The van der Waals surface area contributed by atoms with Crippen molar-refractivity contribution in [3.05, 3.63) is 29.6 Å².